The average Bonchev–Trinajstić information content (AvgIpc) is 2.93. The van der Waals surface area contributed by atoms with Crippen molar-refractivity contribution in [2.45, 2.75) is 12.5 Å². The summed E-state index contributed by atoms with van der Waals surface area (Å²) in [6.07, 6.45) is 0. The Kier molecular flexibility index (Phi) is 4.95. The fourth-order valence-electron chi connectivity index (χ4n) is 3.20. The molecule has 0 aliphatic rings. The van der Waals surface area contributed by atoms with Gasteiger partial charge in [-0.3, -0.25) is 0 Å². The van der Waals surface area contributed by atoms with Crippen LogP contribution in [0.5, 0.6) is 5.75 Å². The van der Waals surface area contributed by atoms with E-state index in [4.69, 9.17) is 4.74 Å². The van der Waals surface area contributed by atoms with Crippen LogP contribution in [0.1, 0.15) is 0 Å². The van der Waals surface area contributed by atoms with Crippen LogP contribution in [0, 0.1) is 0 Å². The van der Waals surface area contributed by atoms with E-state index in [1.54, 1.807) is 28.8 Å². The monoisotopic (exact) mass is 493 g/mol. The van der Waals surface area contributed by atoms with Gasteiger partial charge in [0.2, 0.25) is 0 Å². The number of halogens is 4. The summed E-state index contributed by atoms with van der Waals surface area (Å²) in [4.78, 5) is 0. The van der Waals surface area contributed by atoms with E-state index in [1.165, 1.54) is 0 Å². The standard InChI is InChI=1S/C21H15Br2F2NO/c22-14-6-8-19-17(10-14)18-11-15(23)7-9-20(18)26(19)12-21(24,25)13-27-16-4-2-1-3-5-16/h1-11H,12-13H2. The third-order valence-corrected chi connectivity index (χ3v) is 5.36. The molecule has 0 radical (unpaired) electrons. The highest BCUT2D eigenvalue weighted by Gasteiger charge is 2.32. The lowest BCUT2D eigenvalue weighted by Gasteiger charge is -2.19. The first-order valence-electron chi connectivity index (χ1n) is 8.36. The number of para-hydroxylation sites is 1. The molecular weight excluding hydrogens is 480 g/mol. The van der Waals surface area contributed by atoms with Crippen molar-refractivity contribution in [1.29, 1.82) is 0 Å². The summed E-state index contributed by atoms with van der Waals surface area (Å²) in [5.74, 6) is -2.58. The predicted octanol–water partition coefficient (Wildman–Crippen LogP) is 7.03. The Balaban J connectivity index is 1.71. The summed E-state index contributed by atoms with van der Waals surface area (Å²) >= 11 is 6.94. The molecule has 0 aliphatic heterocycles. The van der Waals surface area contributed by atoms with E-state index in [0.717, 1.165) is 30.8 Å². The van der Waals surface area contributed by atoms with Gasteiger partial charge in [0, 0.05) is 30.8 Å². The zero-order valence-corrected chi connectivity index (χ0v) is 17.3. The number of rotatable bonds is 5. The molecule has 27 heavy (non-hydrogen) atoms. The molecule has 1 heterocycles. The Hall–Kier alpha value is -1.92. The summed E-state index contributed by atoms with van der Waals surface area (Å²) < 4.78 is 38.2. The molecule has 3 aromatic carbocycles. The minimum absolute atomic E-state index is 0.437. The van der Waals surface area contributed by atoms with Gasteiger partial charge in [-0.25, -0.2) is 8.78 Å². The van der Waals surface area contributed by atoms with Crippen molar-refractivity contribution in [1.82, 2.24) is 4.57 Å². The first-order valence-corrected chi connectivity index (χ1v) is 9.94. The second kappa shape index (κ2) is 7.24. The fraction of sp³-hybridized carbons (Fsp3) is 0.143. The highest BCUT2D eigenvalue weighted by Crippen LogP contribution is 2.34. The number of aromatic nitrogens is 1. The third-order valence-electron chi connectivity index (χ3n) is 4.37. The number of alkyl halides is 2. The number of ether oxygens (including phenoxy) is 1. The van der Waals surface area contributed by atoms with Gasteiger partial charge in [-0.15, -0.1) is 0 Å². The molecule has 0 N–H and O–H groups in total. The van der Waals surface area contributed by atoms with Gasteiger partial charge in [0.1, 0.15) is 5.75 Å². The lowest BCUT2D eigenvalue weighted by molar-refractivity contribution is -0.0529. The molecule has 0 saturated carbocycles. The topological polar surface area (TPSA) is 14.2 Å². The van der Waals surface area contributed by atoms with E-state index in [9.17, 15) is 8.78 Å². The highest BCUT2D eigenvalue weighted by molar-refractivity contribution is 9.10. The van der Waals surface area contributed by atoms with E-state index < -0.39 is 19.1 Å². The zero-order chi connectivity index (χ0) is 19.0. The predicted molar refractivity (Wildman–Crippen MR) is 112 cm³/mol. The minimum Gasteiger partial charge on any atom is -0.487 e. The molecule has 0 fully saturated rings. The number of benzene rings is 3. The molecule has 0 aliphatic carbocycles. The molecule has 138 valence electrons. The molecule has 0 unspecified atom stereocenters. The first-order chi connectivity index (χ1) is 12.9. The zero-order valence-electron chi connectivity index (χ0n) is 14.1. The Labute approximate surface area is 172 Å². The van der Waals surface area contributed by atoms with Gasteiger partial charge in [0.25, 0.3) is 5.92 Å². The summed E-state index contributed by atoms with van der Waals surface area (Å²) in [5, 5.41) is 1.86. The van der Waals surface area contributed by atoms with E-state index >= 15 is 0 Å². The van der Waals surface area contributed by atoms with Crippen LogP contribution < -0.4 is 4.74 Å². The second-order valence-electron chi connectivity index (χ2n) is 6.37. The van der Waals surface area contributed by atoms with E-state index in [-0.39, 0.29) is 0 Å². The van der Waals surface area contributed by atoms with Crippen molar-refractivity contribution in [2.24, 2.45) is 0 Å². The molecule has 0 bridgehead atoms. The third kappa shape index (κ3) is 3.87. The normalized spacial score (nSPS) is 12.0. The van der Waals surface area contributed by atoms with Gasteiger partial charge in [-0.2, -0.15) is 0 Å². The summed E-state index contributed by atoms with van der Waals surface area (Å²) in [6.45, 7) is -1.13. The second-order valence-corrected chi connectivity index (χ2v) is 8.20. The van der Waals surface area contributed by atoms with Gasteiger partial charge in [-0.05, 0) is 48.5 Å². The van der Waals surface area contributed by atoms with Crippen molar-refractivity contribution < 1.29 is 13.5 Å². The summed E-state index contributed by atoms with van der Waals surface area (Å²) in [6, 6.07) is 20.1. The smallest absolute Gasteiger partial charge is 0.298 e. The SMILES string of the molecule is FC(F)(COc1ccccc1)Cn1c2ccc(Br)cc2c2cc(Br)ccc21. The molecule has 0 saturated heterocycles. The van der Waals surface area contributed by atoms with Gasteiger partial charge in [0.05, 0.1) is 6.54 Å². The Morgan fingerprint density at radius 1 is 0.815 bits per heavy atom. The number of hydrogen-bond acceptors (Lipinski definition) is 1. The van der Waals surface area contributed by atoms with Crippen LogP contribution in [-0.2, 0) is 6.54 Å². The largest absolute Gasteiger partial charge is 0.487 e. The Morgan fingerprint density at radius 3 is 1.93 bits per heavy atom. The maximum Gasteiger partial charge on any atom is 0.298 e. The average molecular weight is 495 g/mol. The molecular formula is C21H15Br2F2NO. The molecule has 0 amide bonds. The molecule has 1 aromatic heterocycles. The van der Waals surface area contributed by atoms with Crippen LogP contribution in [0.25, 0.3) is 21.8 Å². The maximum atomic E-state index is 14.7. The van der Waals surface area contributed by atoms with E-state index in [2.05, 4.69) is 31.9 Å². The summed E-state index contributed by atoms with van der Waals surface area (Å²) in [7, 11) is 0. The van der Waals surface area contributed by atoms with Crippen LogP contribution in [0.2, 0.25) is 0 Å². The Morgan fingerprint density at radius 2 is 1.37 bits per heavy atom. The highest BCUT2D eigenvalue weighted by atomic mass is 79.9. The quantitative estimate of drug-likeness (QED) is 0.290. The van der Waals surface area contributed by atoms with Gasteiger partial charge >= 0.3 is 0 Å². The molecule has 2 nitrogen and oxygen atoms in total. The number of hydrogen-bond donors (Lipinski definition) is 0. The lowest BCUT2D eigenvalue weighted by Crippen LogP contribution is -2.31. The van der Waals surface area contributed by atoms with Crippen LogP contribution in [-0.4, -0.2) is 17.1 Å². The van der Waals surface area contributed by atoms with Gasteiger partial charge in [-0.1, -0.05) is 50.1 Å². The van der Waals surface area contributed by atoms with Crippen LogP contribution >= 0.6 is 31.9 Å². The molecule has 0 atom stereocenters. The molecule has 6 heteroatoms. The van der Waals surface area contributed by atoms with E-state index in [1.807, 2.05) is 42.5 Å². The fourth-order valence-corrected chi connectivity index (χ4v) is 3.92. The van der Waals surface area contributed by atoms with Crippen LogP contribution in [0.4, 0.5) is 8.78 Å². The van der Waals surface area contributed by atoms with Gasteiger partial charge in [0.15, 0.2) is 6.61 Å². The molecule has 0 spiro atoms. The van der Waals surface area contributed by atoms with Crippen molar-refractivity contribution in [2.75, 3.05) is 6.61 Å². The van der Waals surface area contributed by atoms with Gasteiger partial charge < -0.3 is 9.30 Å². The number of nitrogens with zero attached hydrogens (tertiary/aromatic N) is 1. The molecule has 4 aromatic rings. The first kappa shape index (κ1) is 18.4. The van der Waals surface area contributed by atoms with Crippen molar-refractivity contribution in [3.05, 3.63) is 75.7 Å². The van der Waals surface area contributed by atoms with E-state index in [0.29, 0.717) is 5.75 Å². The number of fused-ring (bicyclic) bond motifs is 3. The maximum absolute atomic E-state index is 14.7. The Bertz CT molecular complexity index is 1050. The van der Waals surface area contributed by atoms with Crippen LogP contribution in [0.3, 0.4) is 0 Å². The lowest BCUT2D eigenvalue weighted by atomic mass is 10.2. The van der Waals surface area contributed by atoms with Crippen molar-refractivity contribution in [3.63, 3.8) is 0 Å². The minimum atomic E-state index is -3.02. The summed E-state index contributed by atoms with van der Waals surface area (Å²) in [5.41, 5.74) is 1.54. The molecule has 4 rings (SSSR count). The van der Waals surface area contributed by atoms with Crippen LogP contribution in [0.15, 0.2) is 75.7 Å². The van der Waals surface area contributed by atoms with Crippen molar-refractivity contribution >= 4 is 53.7 Å². The van der Waals surface area contributed by atoms with Crippen molar-refractivity contribution in [3.8, 4) is 5.75 Å².